The molecule has 100 valence electrons. The molecule has 1 heterocycles. The van der Waals surface area contributed by atoms with E-state index in [2.05, 4.69) is 0 Å². The maximum absolute atomic E-state index is 12.5. The van der Waals surface area contributed by atoms with E-state index < -0.39 is 22.4 Å². The lowest BCUT2D eigenvalue weighted by Gasteiger charge is -2.07. The third kappa shape index (κ3) is 2.87. The number of benzene rings is 1. The molecule has 2 aromatic rings. The highest BCUT2D eigenvalue weighted by Gasteiger charge is 2.33. The Kier molecular flexibility index (Phi) is 3.51. The minimum absolute atomic E-state index is 0.120. The van der Waals surface area contributed by atoms with Gasteiger partial charge in [0.15, 0.2) is 0 Å². The molecule has 0 amide bonds. The molecule has 0 saturated carbocycles. The van der Waals surface area contributed by atoms with Crippen molar-refractivity contribution in [2.45, 2.75) is 6.18 Å². The van der Waals surface area contributed by atoms with Gasteiger partial charge in [0.25, 0.3) is 5.69 Å². The number of rotatable bonds is 2. The Balaban J connectivity index is 2.60. The first-order valence-electron chi connectivity index (χ1n) is 4.90. The summed E-state index contributed by atoms with van der Waals surface area (Å²) in [6.07, 6.45) is -4.61. The van der Waals surface area contributed by atoms with Crippen molar-refractivity contribution in [2.75, 3.05) is 0 Å². The van der Waals surface area contributed by atoms with Gasteiger partial charge in [0.05, 0.1) is 20.4 Å². The van der Waals surface area contributed by atoms with Crippen LogP contribution in [0.15, 0.2) is 30.3 Å². The van der Waals surface area contributed by atoms with Gasteiger partial charge in [-0.2, -0.15) is 13.2 Å². The molecule has 0 spiro atoms. The Hall–Kier alpha value is -1.60. The van der Waals surface area contributed by atoms with Gasteiger partial charge in [-0.05, 0) is 24.3 Å². The summed E-state index contributed by atoms with van der Waals surface area (Å²) in [6.45, 7) is 0. The van der Waals surface area contributed by atoms with E-state index in [1.54, 1.807) is 0 Å². The van der Waals surface area contributed by atoms with Crippen molar-refractivity contribution >= 4 is 28.6 Å². The quantitative estimate of drug-likeness (QED) is 0.579. The monoisotopic (exact) mass is 307 g/mol. The van der Waals surface area contributed by atoms with Gasteiger partial charge in [0, 0.05) is 10.9 Å². The van der Waals surface area contributed by atoms with Gasteiger partial charge >= 0.3 is 6.18 Å². The number of thiophene rings is 1. The second kappa shape index (κ2) is 4.82. The molecule has 0 atom stereocenters. The largest absolute Gasteiger partial charge is 0.416 e. The molecule has 1 aromatic heterocycles. The zero-order valence-corrected chi connectivity index (χ0v) is 10.6. The number of hydrogen-bond acceptors (Lipinski definition) is 3. The van der Waals surface area contributed by atoms with E-state index in [9.17, 15) is 23.3 Å². The molecule has 0 radical (unpaired) electrons. The fourth-order valence-corrected chi connectivity index (χ4v) is 2.60. The highest BCUT2D eigenvalue weighted by molar-refractivity contribution is 7.19. The number of hydrogen-bond donors (Lipinski definition) is 0. The topological polar surface area (TPSA) is 43.1 Å². The van der Waals surface area contributed by atoms with Crippen LogP contribution in [0.3, 0.4) is 0 Å². The van der Waals surface area contributed by atoms with E-state index in [1.807, 2.05) is 0 Å². The van der Waals surface area contributed by atoms with Crippen LogP contribution in [0.4, 0.5) is 18.9 Å². The predicted molar refractivity (Wildman–Crippen MR) is 66.4 cm³/mol. The summed E-state index contributed by atoms with van der Waals surface area (Å²) >= 11 is 6.78. The van der Waals surface area contributed by atoms with Gasteiger partial charge in [0.1, 0.15) is 0 Å². The van der Waals surface area contributed by atoms with Crippen LogP contribution in [0.25, 0.3) is 10.4 Å². The van der Waals surface area contributed by atoms with Gasteiger partial charge in [-0.1, -0.05) is 11.6 Å². The van der Waals surface area contributed by atoms with Crippen LogP contribution in [0.2, 0.25) is 4.34 Å². The SMILES string of the molecule is O=[N+]([O-])c1cc(C(F)(F)F)ccc1-c1ccc(Cl)s1. The van der Waals surface area contributed by atoms with Crippen molar-refractivity contribution < 1.29 is 18.1 Å². The van der Waals surface area contributed by atoms with Crippen LogP contribution in [-0.2, 0) is 6.18 Å². The van der Waals surface area contributed by atoms with E-state index in [-0.39, 0.29) is 5.56 Å². The standard InChI is InChI=1S/C11H5ClF3NO2S/c12-10-4-3-9(19-10)7-2-1-6(11(13,14)15)5-8(7)16(17)18/h1-5H. The molecule has 0 N–H and O–H groups in total. The lowest BCUT2D eigenvalue weighted by atomic mass is 10.1. The predicted octanol–water partition coefficient (Wildman–Crippen LogP) is 5.00. The molecule has 0 aliphatic carbocycles. The summed E-state index contributed by atoms with van der Waals surface area (Å²) in [5.41, 5.74) is -1.52. The Morgan fingerprint density at radius 3 is 2.37 bits per heavy atom. The molecular weight excluding hydrogens is 303 g/mol. The maximum atomic E-state index is 12.5. The van der Waals surface area contributed by atoms with Crippen molar-refractivity contribution in [1.82, 2.24) is 0 Å². The Morgan fingerprint density at radius 2 is 1.89 bits per heavy atom. The van der Waals surface area contributed by atoms with E-state index in [0.717, 1.165) is 23.5 Å². The van der Waals surface area contributed by atoms with Crippen molar-refractivity contribution in [3.8, 4) is 10.4 Å². The molecule has 0 unspecified atom stereocenters. The van der Waals surface area contributed by atoms with E-state index in [1.165, 1.54) is 12.1 Å². The van der Waals surface area contributed by atoms with Crippen molar-refractivity contribution in [2.24, 2.45) is 0 Å². The second-order valence-corrected chi connectivity index (χ2v) is 5.31. The maximum Gasteiger partial charge on any atom is 0.416 e. The third-order valence-electron chi connectivity index (χ3n) is 2.36. The van der Waals surface area contributed by atoms with E-state index in [4.69, 9.17) is 11.6 Å². The number of halogens is 4. The molecular formula is C11H5ClF3NO2S. The minimum Gasteiger partial charge on any atom is -0.258 e. The van der Waals surface area contributed by atoms with Crippen LogP contribution in [0, 0.1) is 10.1 Å². The van der Waals surface area contributed by atoms with Crippen molar-refractivity contribution in [1.29, 1.82) is 0 Å². The van der Waals surface area contributed by atoms with Crippen molar-refractivity contribution in [3.63, 3.8) is 0 Å². The second-order valence-electron chi connectivity index (χ2n) is 3.59. The summed E-state index contributed by atoms with van der Waals surface area (Å²) in [5, 5.41) is 10.9. The lowest BCUT2D eigenvalue weighted by Crippen LogP contribution is -2.05. The number of nitrogens with zero attached hydrogens (tertiary/aromatic N) is 1. The summed E-state index contributed by atoms with van der Waals surface area (Å²) in [6, 6.07) is 5.49. The Labute approximate surface area is 114 Å². The van der Waals surface area contributed by atoms with Crippen LogP contribution in [-0.4, -0.2) is 4.92 Å². The highest BCUT2D eigenvalue weighted by atomic mass is 35.5. The highest BCUT2D eigenvalue weighted by Crippen LogP contribution is 2.40. The number of nitro groups is 1. The van der Waals surface area contributed by atoms with Gasteiger partial charge in [0.2, 0.25) is 0 Å². The smallest absolute Gasteiger partial charge is 0.258 e. The number of alkyl halides is 3. The zero-order chi connectivity index (χ0) is 14.2. The first kappa shape index (κ1) is 13.8. The summed E-state index contributed by atoms with van der Waals surface area (Å²) < 4.78 is 38.0. The normalized spacial score (nSPS) is 11.6. The molecule has 0 saturated heterocycles. The molecule has 0 aliphatic heterocycles. The lowest BCUT2D eigenvalue weighted by molar-refractivity contribution is -0.384. The Bertz CT molecular complexity index is 639. The molecule has 0 fully saturated rings. The average molecular weight is 308 g/mol. The molecule has 8 heteroatoms. The first-order valence-corrected chi connectivity index (χ1v) is 6.10. The fraction of sp³-hybridized carbons (Fsp3) is 0.0909. The summed E-state index contributed by atoms with van der Waals surface area (Å²) in [7, 11) is 0. The van der Waals surface area contributed by atoms with Gasteiger partial charge in [-0.3, -0.25) is 10.1 Å². The Morgan fingerprint density at radius 1 is 1.21 bits per heavy atom. The van der Waals surface area contributed by atoms with Crippen LogP contribution in [0.1, 0.15) is 5.56 Å². The fourth-order valence-electron chi connectivity index (χ4n) is 1.53. The minimum atomic E-state index is -4.61. The average Bonchev–Trinajstić information content (AvgIpc) is 2.73. The molecule has 0 aliphatic rings. The zero-order valence-electron chi connectivity index (χ0n) is 9.07. The van der Waals surface area contributed by atoms with Crippen LogP contribution >= 0.6 is 22.9 Å². The molecule has 0 bridgehead atoms. The molecule has 3 nitrogen and oxygen atoms in total. The summed E-state index contributed by atoms with van der Waals surface area (Å²) in [5.74, 6) is 0. The number of nitro benzene ring substituents is 1. The van der Waals surface area contributed by atoms with Crippen LogP contribution < -0.4 is 0 Å². The first-order chi connectivity index (χ1) is 8.79. The van der Waals surface area contributed by atoms with E-state index >= 15 is 0 Å². The van der Waals surface area contributed by atoms with Gasteiger partial charge in [-0.15, -0.1) is 11.3 Å². The third-order valence-corrected chi connectivity index (χ3v) is 3.62. The van der Waals surface area contributed by atoms with Gasteiger partial charge in [-0.25, -0.2) is 0 Å². The molecule has 1 aromatic carbocycles. The van der Waals surface area contributed by atoms with Gasteiger partial charge < -0.3 is 0 Å². The molecule has 2 rings (SSSR count). The summed E-state index contributed by atoms with van der Waals surface area (Å²) in [4.78, 5) is 10.5. The van der Waals surface area contributed by atoms with Crippen molar-refractivity contribution in [3.05, 3.63) is 50.3 Å². The van der Waals surface area contributed by atoms with Crippen LogP contribution in [0.5, 0.6) is 0 Å². The molecule has 19 heavy (non-hydrogen) atoms. The van der Waals surface area contributed by atoms with E-state index in [0.29, 0.717) is 15.3 Å².